The van der Waals surface area contributed by atoms with E-state index in [2.05, 4.69) is 155 Å². The molecule has 3 heteroatoms. The molecule has 11 rings (SSSR count). The lowest BCUT2D eigenvalue weighted by atomic mass is 9.67. The number of benzene rings is 8. The summed E-state index contributed by atoms with van der Waals surface area (Å²) >= 11 is 0. The first-order chi connectivity index (χ1) is 28.8. The molecular weight excluding hydrogens is 742 g/mol. The van der Waals surface area contributed by atoms with Crippen LogP contribution in [-0.4, -0.2) is 6.18 Å². The van der Waals surface area contributed by atoms with E-state index in [0.717, 1.165) is 16.7 Å². The van der Waals surface area contributed by atoms with Gasteiger partial charge in [-0.1, -0.05) is 159 Å². The Labute approximate surface area is 350 Å². The lowest BCUT2D eigenvalue weighted by Gasteiger charge is -2.34. The Morgan fingerprint density at radius 2 is 0.767 bits per heavy atom. The number of hydrogen-bond acceptors (Lipinski definition) is 0. The monoisotopic (exact) mass is 784 g/mol. The largest absolute Gasteiger partial charge is 0.402 e. The van der Waals surface area contributed by atoms with Crippen molar-refractivity contribution in [2.75, 3.05) is 0 Å². The maximum Gasteiger partial charge on any atom is 0.402 e. The minimum Gasteiger partial charge on any atom is -0.170 e. The molecule has 3 aliphatic rings. The fourth-order valence-electron chi connectivity index (χ4n) is 11.2. The van der Waals surface area contributed by atoms with Crippen molar-refractivity contribution in [3.8, 4) is 55.6 Å². The van der Waals surface area contributed by atoms with Gasteiger partial charge in [-0.15, -0.1) is 0 Å². The van der Waals surface area contributed by atoms with Crippen molar-refractivity contribution in [2.24, 2.45) is 0 Å². The van der Waals surface area contributed by atoms with Crippen LogP contribution in [0.4, 0.5) is 13.2 Å². The Morgan fingerprint density at radius 3 is 1.28 bits per heavy atom. The topological polar surface area (TPSA) is 0 Å². The van der Waals surface area contributed by atoms with E-state index < -0.39 is 17.0 Å². The van der Waals surface area contributed by atoms with E-state index >= 15 is 13.2 Å². The van der Waals surface area contributed by atoms with Crippen molar-refractivity contribution in [3.63, 3.8) is 0 Å². The van der Waals surface area contributed by atoms with Gasteiger partial charge in [-0.25, -0.2) is 0 Å². The summed E-state index contributed by atoms with van der Waals surface area (Å²) in [5.74, 6) is 0. The zero-order valence-corrected chi connectivity index (χ0v) is 34.3. The fourth-order valence-corrected chi connectivity index (χ4v) is 11.2. The van der Waals surface area contributed by atoms with Crippen LogP contribution in [0.25, 0.3) is 55.6 Å². The van der Waals surface area contributed by atoms with Gasteiger partial charge in [0, 0.05) is 5.41 Å². The van der Waals surface area contributed by atoms with Crippen LogP contribution in [0.1, 0.15) is 76.4 Å². The quantitative estimate of drug-likeness (QED) is 0.167. The van der Waals surface area contributed by atoms with Crippen molar-refractivity contribution in [3.05, 3.63) is 225 Å². The molecule has 0 spiro atoms. The Kier molecular flexibility index (Phi) is 7.65. The first-order valence-electron chi connectivity index (χ1n) is 20.8. The van der Waals surface area contributed by atoms with E-state index in [1.54, 1.807) is 18.2 Å². The standard InChI is InChI=1S/C57H43F3/c1-34-28-46-47-29-35(2)45(37-25-27-43-41-21-13-15-23-49(41)56(53(43)31-37,38-16-8-6-9-17-38)39-18-10-7-11-19-39)33-51(47)54(3,4)50(46)32-44(34)36-24-26-42-40-20-12-14-22-48(40)55(5,52(42)30-36)57(58,59)60/h6-33H,1-5H3. The van der Waals surface area contributed by atoms with Gasteiger partial charge in [-0.3, -0.25) is 0 Å². The normalized spacial score (nSPS) is 17.3. The predicted molar refractivity (Wildman–Crippen MR) is 240 cm³/mol. The van der Waals surface area contributed by atoms with E-state index in [-0.39, 0.29) is 5.41 Å². The minimum atomic E-state index is -4.45. The summed E-state index contributed by atoms with van der Waals surface area (Å²) in [5, 5.41) is 0. The van der Waals surface area contributed by atoms with Crippen LogP contribution in [0.15, 0.2) is 170 Å². The van der Waals surface area contributed by atoms with Gasteiger partial charge in [0.2, 0.25) is 0 Å². The van der Waals surface area contributed by atoms with Crippen molar-refractivity contribution in [1.29, 1.82) is 0 Å². The molecular formula is C57H43F3. The Morgan fingerprint density at radius 1 is 0.350 bits per heavy atom. The first kappa shape index (κ1) is 36.6. The molecule has 8 aromatic carbocycles. The van der Waals surface area contributed by atoms with Gasteiger partial charge < -0.3 is 0 Å². The third-order valence-electron chi connectivity index (χ3n) is 14.3. The van der Waals surface area contributed by atoms with Gasteiger partial charge in [0.05, 0.1) is 5.41 Å². The first-order valence-corrected chi connectivity index (χ1v) is 20.8. The highest BCUT2D eigenvalue weighted by molar-refractivity contribution is 5.92. The fraction of sp³-hybridized carbons (Fsp3) is 0.158. The molecule has 292 valence electrons. The smallest absolute Gasteiger partial charge is 0.170 e. The number of aryl methyl sites for hydroxylation is 2. The van der Waals surface area contributed by atoms with E-state index in [4.69, 9.17) is 0 Å². The van der Waals surface area contributed by atoms with Crippen molar-refractivity contribution >= 4 is 0 Å². The highest BCUT2D eigenvalue weighted by Crippen LogP contribution is 2.59. The van der Waals surface area contributed by atoms with Crippen molar-refractivity contribution in [2.45, 2.75) is 57.0 Å². The molecule has 3 aliphatic carbocycles. The van der Waals surface area contributed by atoms with Crippen molar-refractivity contribution in [1.82, 2.24) is 0 Å². The molecule has 0 aromatic heterocycles. The van der Waals surface area contributed by atoms with E-state index in [1.807, 2.05) is 24.3 Å². The average Bonchev–Trinajstić information content (AvgIpc) is 3.78. The van der Waals surface area contributed by atoms with Crippen molar-refractivity contribution < 1.29 is 13.2 Å². The molecule has 8 aromatic rings. The van der Waals surface area contributed by atoms with Gasteiger partial charge in [0.15, 0.2) is 0 Å². The van der Waals surface area contributed by atoms with E-state index in [9.17, 15) is 0 Å². The molecule has 0 radical (unpaired) electrons. The second-order valence-corrected chi connectivity index (χ2v) is 17.8. The highest BCUT2D eigenvalue weighted by Gasteiger charge is 2.58. The van der Waals surface area contributed by atoms with Crippen LogP contribution in [0.5, 0.6) is 0 Å². The lowest BCUT2D eigenvalue weighted by Crippen LogP contribution is -2.38. The predicted octanol–water partition coefficient (Wildman–Crippen LogP) is 15.2. The number of alkyl halides is 3. The van der Waals surface area contributed by atoms with Gasteiger partial charge in [0.1, 0.15) is 5.41 Å². The molecule has 1 unspecified atom stereocenters. The summed E-state index contributed by atoms with van der Waals surface area (Å²) in [7, 11) is 0. The molecule has 0 bridgehead atoms. The highest BCUT2D eigenvalue weighted by atomic mass is 19.4. The Bertz CT molecular complexity index is 3040. The van der Waals surface area contributed by atoms with Crippen LogP contribution in [0.3, 0.4) is 0 Å². The third kappa shape index (κ3) is 4.75. The summed E-state index contributed by atoms with van der Waals surface area (Å²) < 4.78 is 45.2. The van der Waals surface area contributed by atoms with Gasteiger partial charge in [-0.2, -0.15) is 13.2 Å². The molecule has 60 heavy (non-hydrogen) atoms. The van der Waals surface area contributed by atoms with Crippen LogP contribution in [-0.2, 0) is 16.2 Å². The molecule has 0 fully saturated rings. The van der Waals surface area contributed by atoms with Gasteiger partial charge in [0.25, 0.3) is 0 Å². The molecule has 0 amide bonds. The zero-order valence-electron chi connectivity index (χ0n) is 34.3. The molecule has 0 nitrogen and oxygen atoms in total. The summed E-state index contributed by atoms with van der Waals surface area (Å²) in [5.41, 5.74) is 17.8. The number of hydrogen-bond donors (Lipinski definition) is 0. The lowest BCUT2D eigenvalue weighted by molar-refractivity contribution is -0.172. The molecule has 1 atom stereocenters. The van der Waals surface area contributed by atoms with E-state index in [0.29, 0.717) is 22.3 Å². The molecule has 0 heterocycles. The summed E-state index contributed by atoms with van der Waals surface area (Å²) in [4.78, 5) is 0. The summed E-state index contributed by atoms with van der Waals surface area (Å²) in [6.45, 7) is 10.2. The average molecular weight is 785 g/mol. The maximum absolute atomic E-state index is 15.1. The minimum absolute atomic E-state index is 0.316. The van der Waals surface area contributed by atoms with E-state index in [1.165, 1.54) is 79.2 Å². The Hall–Kier alpha value is -6.45. The molecule has 0 N–H and O–H groups in total. The molecule has 0 saturated carbocycles. The summed E-state index contributed by atoms with van der Waals surface area (Å²) in [6, 6.07) is 59.6. The van der Waals surface area contributed by atoms with Gasteiger partial charge >= 0.3 is 6.18 Å². The van der Waals surface area contributed by atoms with Crippen LogP contribution >= 0.6 is 0 Å². The van der Waals surface area contributed by atoms with Crippen LogP contribution < -0.4 is 0 Å². The zero-order chi connectivity index (χ0) is 41.3. The molecule has 0 aliphatic heterocycles. The number of rotatable bonds is 4. The number of fused-ring (bicyclic) bond motifs is 9. The third-order valence-corrected chi connectivity index (χ3v) is 14.3. The van der Waals surface area contributed by atoms with Gasteiger partial charge in [-0.05, 0) is 156 Å². The second kappa shape index (κ2) is 12.5. The second-order valence-electron chi connectivity index (χ2n) is 17.8. The van der Waals surface area contributed by atoms with Crippen LogP contribution in [0, 0.1) is 13.8 Å². The SMILES string of the molecule is Cc1cc2c(cc1-c1ccc3c(c1)C(c1ccccc1)(c1ccccc1)c1ccccc1-3)C(C)(C)c1cc(-c3ccc4c(c3)C(C)(C(F)(F)F)c3ccccc3-4)c(C)cc1-2. The summed E-state index contributed by atoms with van der Waals surface area (Å²) in [6.07, 6.45) is -4.45. The number of halogens is 3. The maximum atomic E-state index is 15.1. The molecule has 0 saturated heterocycles. The van der Waals surface area contributed by atoms with Crippen LogP contribution in [0.2, 0.25) is 0 Å². The Balaban J connectivity index is 1.04.